The van der Waals surface area contributed by atoms with Crippen LogP contribution in [-0.4, -0.2) is 34.0 Å². The molecule has 1 fully saturated rings. The molecule has 1 N–H and O–H groups in total. The number of carboxylic acid groups (broad SMARTS) is 1. The van der Waals surface area contributed by atoms with Crippen LogP contribution in [0.5, 0.6) is 0 Å². The molecule has 1 aromatic rings. The molecule has 1 saturated heterocycles. The molecule has 0 unspecified atom stereocenters. The highest BCUT2D eigenvalue weighted by Gasteiger charge is 2.31. The van der Waals surface area contributed by atoms with Gasteiger partial charge in [0, 0.05) is 12.1 Å². The Morgan fingerprint density at radius 1 is 1.11 bits per heavy atom. The third kappa shape index (κ3) is 2.62. The van der Waals surface area contributed by atoms with Crippen molar-refractivity contribution in [1.29, 1.82) is 0 Å². The Bertz CT molecular complexity index is 488. The van der Waals surface area contributed by atoms with E-state index < -0.39 is 5.97 Å². The number of amides is 1. The second kappa shape index (κ2) is 5.43. The molecule has 1 aliphatic rings. The molecule has 0 aromatic heterocycles. The number of likely N-dealkylation sites (tertiary alicyclic amines) is 1. The van der Waals surface area contributed by atoms with Gasteiger partial charge in [0.15, 0.2) is 0 Å². The van der Waals surface area contributed by atoms with Crippen molar-refractivity contribution in [2.75, 3.05) is 0 Å². The molecule has 0 aliphatic carbocycles. The standard InChI is InChI=1S/C15H19NO3/c1-10-6-5-7-11(2)16(10)14(17)12-8-3-4-9-13(12)15(18)19/h3-4,8-11H,5-7H2,1-2H3,(H,18,19)/t10-,11-/m1/s1. The van der Waals surface area contributed by atoms with Crippen LogP contribution in [0.1, 0.15) is 53.8 Å². The quantitative estimate of drug-likeness (QED) is 0.890. The lowest BCUT2D eigenvalue weighted by Gasteiger charge is -2.39. The third-order valence-electron chi connectivity index (χ3n) is 3.82. The van der Waals surface area contributed by atoms with E-state index in [0.717, 1.165) is 19.3 Å². The first-order valence-corrected chi connectivity index (χ1v) is 6.67. The summed E-state index contributed by atoms with van der Waals surface area (Å²) in [6, 6.07) is 6.76. The Kier molecular flexibility index (Phi) is 3.88. The van der Waals surface area contributed by atoms with Crippen LogP contribution in [-0.2, 0) is 0 Å². The van der Waals surface area contributed by atoms with Gasteiger partial charge in [-0.2, -0.15) is 0 Å². The van der Waals surface area contributed by atoms with Gasteiger partial charge < -0.3 is 10.0 Å². The maximum absolute atomic E-state index is 12.6. The maximum atomic E-state index is 12.6. The van der Waals surface area contributed by atoms with Gasteiger partial charge in [-0.05, 0) is 45.2 Å². The lowest BCUT2D eigenvalue weighted by atomic mass is 9.95. The topological polar surface area (TPSA) is 57.6 Å². The third-order valence-corrected chi connectivity index (χ3v) is 3.82. The monoisotopic (exact) mass is 261 g/mol. The average Bonchev–Trinajstić information content (AvgIpc) is 2.38. The normalized spacial score (nSPS) is 23.2. The van der Waals surface area contributed by atoms with Crippen LogP contribution in [0, 0.1) is 0 Å². The van der Waals surface area contributed by atoms with E-state index in [1.807, 2.05) is 18.7 Å². The van der Waals surface area contributed by atoms with Crippen LogP contribution in [0.3, 0.4) is 0 Å². The first kappa shape index (κ1) is 13.6. The summed E-state index contributed by atoms with van der Waals surface area (Å²) in [4.78, 5) is 25.6. The summed E-state index contributed by atoms with van der Waals surface area (Å²) in [5.41, 5.74) is 0.369. The molecule has 2 rings (SSSR count). The van der Waals surface area contributed by atoms with E-state index in [-0.39, 0.29) is 29.1 Å². The molecule has 1 heterocycles. The van der Waals surface area contributed by atoms with Crippen molar-refractivity contribution in [3.63, 3.8) is 0 Å². The Morgan fingerprint density at radius 2 is 1.63 bits per heavy atom. The van der Waals surface area contributed by atoms with Gasteiger partial charge in [0.2, 0.25) is 0 Å². The summed E-state index contributed by atoms with van der Waals surface area (Å²) in [5, 5.41) is 9.17. The predicted molar refractivity (Wildman–Crippen MR) is 72.3 cm³/mol. The number of benzene rings is 1. The smallest absolute Gasteiger partial charge is 0.336 e. The van der Waals surface area contributed by atoms with E-state index in [0.29, 0.717) is 0 Å². The second-order valence-electron chi connectivity index (χ2n) is 5.19. The number of rotatable bonds is 2. The molecule has 4 heteroatoms. The minimum atomic E-state index is -1.05. The number of hydrogen-bond acceptors (Lipinski definition) is 2. The Morgan fingerprint density at radius 3 is 2.16 bits per heavy atom. The number of piperidine rings is 1. The highest BCUT2D eigenvalue weighted by molar-refractivity contribution is 6.05. The maximum Gasteiger partial charge on any atom is 0.336 e. The highest BCUT2D eigenvalue weighted by atomic mass is 16.4. The van der Waals surface area contributed by atoms with Crippen molar-refractivity contribution in [3.8, 4) is 0 Å². The fourth-order valence-corrected chi connectivity index (χ4v) is 2.82. The van der Waals surface area contributed by atoms with Gasteiger partial charge in [-0.15, -0.1) is 0 Å². The number of carboxylic acids is 1. The molecular formula is C15H19NO3. The van der Waals surface area contributed by atoms with Gasteiger partial charge in [0.05, 0.1) is 11.1 Å². The lowest BCUT2D eigenvalue weighted by Crippen LogP contribution is -2.47. The summed E-state index contributed by atoms with van der Waals surface area (Å²) >= 11 is 0. The molecule has 102 valence electrons. The molecule has 0 radical (unpaired) electrons. The van der Waals surface area contributed by atoms with Crippen LogP contribution in [0.2, 0.25) is 0 Å². The zero-order valence-electron chi connectivity index (χ0n) is 11.3. The van der Waals surface area contributed by atoms with Crippen molar-refractivity contribution in [1.82, 2.24) is 4.90 Å². The van der Waals surface area contributed by atoms with Gasteiger partial charge in [-0.3, -0.25) is 4.79 Å². The lowest BCUT2D eigenvalue weighted by molar-refractivity contribution is 0.0501. The Balaban J connectivity index is 2.36. The summed E-state index contributed by atoms with van der Waals surface area (Å²) in [5.74, 6) is -1.22. The summed E-state index contributed by atoms with van der Waals surface area (Å²) in [6.07, 6.45) is 3.07. The van der Waals surface area contributed by atoms with Gasteiger partial charge in [-0.1, -0.05) is 12.1 Å². The van der Waals surface area contributed by atoms with Crippen LogP contribution in [0.15, 0.2) is 24.3 Å². The molecule has 4 nitrogen and oxygen atoms in total. The zero-order chi connectivity index (χ0) is 14.0. The van der Waals surface area contributed by atoms with E-state index in [4.69, 9.17) is 0 Å². The minimum Gasteiger partial charge on any atom is -0.478 e. The van der Waals surface area contributed by atoms with Crippen molar-refractivity contribution >= 4 is 11.9 Å². The number of nitrogens with zero attached hydrogens (tertiary/aromatic N) is 1. The molecule has 0 saturated carbocycles. The van der Waals surface area contributed by atoms with Gasteiger partial charge in [0.25, 0.3) is 5.91 Å². The number of hydrogen-bond donors (Lipinski definition) is 1. The summed E-state index contributed by atoms with van der Waals surface area (Å²) in [6.45, 7) is 4.05. The Hall–Kier alpha value is -1.84. The number of carbonyl (C=O) groups excluding carboxylic acids is 1. The largest absolute Gasteiger partial charge is 0.478 e. The molecule has 1 aliphatic heterocycles. The van der Waals surface area contributed by atoms with E-state index in [2.05, 4.69) is 0 Å². The van der Waals surface area contributed by atoms with E-state index in [1.165, 1.54) is 6.07 Å². The van der Waals surface area contributed by atoms with Gasteiger partial charge in [-0.25, -0.2) is 4.79 Å². The predicted octanol–water partition coefficient (Wildman–Crippen LogP) is 2.79. The second-order valence-corrected chi connectivity index (χ2v) is 5.19. The molecule has 19 heavy (non-hydrogen) atoms. The van der Waals surface area contributed by atoms with Crippen LogP contribution >= 0.6 is 0 Å². The van der Waals surface area contributed by atoms with Crippen LogP contribution in [0.4, 0.5) is 0 Å². The fraction of sp³-hybridized carbons (Fsp3) is 0.467. The summed E-state index contributed by atoms with van der Waals surface area (Å²) in [7, 11) is 0. The molecular weight excluding hydrogens is 242 g/mol. The van der Waals surface area contributed by atoms with Crippen LogP contribution in [0.25, 0.3) is 0 Å². The average molecular weight is 261 g/mol. The number of aromatic carboxylic acids is 1. The fourth-order valence-electron chi connectivity index (χ4n) is 2.82. The van der Waals surface area contributed by atoms with E-state index in [1.54, 1.807) is 18.2 Å². The molecule has 2 atom stereocenters. The minimum absolute atomic E-state index is 0.0810. The SMILES string of the molecule is C[C@@H]1CCC[C@@H](C)N1C(=O)c1ccccc1C(=O)O. The van der Waals surface area contributed by atoms with E-state index >= 15 is 0 Å². The number of carbonyl (C=O) groups is 2. The van der Waals surface area contributed by atoms with Crippen molar-refractivity contribution < 1.29 is 14.7 Å². The van der Waals surface area contributed by atoms with Crippen molar-refractivity contribution in [2.24, 2.45) is 0 Å². The van der Waals surface area contributed by atoms with Crippen molar-refractivity contribution in [3.05, 3.63) is 35.4 Å². The molecule has 1 aromatic carbocycles. The van der Waals surface area contributed by atoms with Crippen molar-refractivity contribution in [2.45, 2.75) is 45.2 Å². The van der Waals surface area contributed by atoms with Gasteiger partial charge >= 0.3 is 5.97 Å². The molecule has 0 spiro atoms. The molecule has 1 amide bonds. The van der Waals surface area contributed by atoms with Gasteiger partial charge in [0.1, 0.15) is 0 Å². The summed E-state index contributed by atoms with van der Waals surface area (Å²) < 4.78 is 0. The Labute approximate surface area is 113 Å². The van der Waals surface area contributed by atoms with E-state index in [9.17, 15) is 14.7 Å². The van der Waals surface area contributed by atoms with Crippen LogP contribution < -0.4 is 0 Å². The first-order valence-electron chi connectivity index (χ1n) is 6.67. The zero-order valence-corrected chi connectivity index (χ0v) is 11.3. The first-order chi connectivity index (χ1) is 9.02. The highest BCUT2D eigenvalue weighted by Crippen LogP contribution is 2.25. The molecule has 0 bridgehead atoms.